The maximum atomic E-state index is 9.85. The Labute approximate surface area is 97.9 Å². The van der Waals surface area contributed by atoms with Gasteiger partial charge in [0.2, 0.25) is 0 Å². The summed E-state index contributed by atoms with van der Waals surface area (Å²) in [6, 6.07) is 10.6. The summed E-state index contributed by atoms with van der Waals surface area (Å²) in [4.78, 5) is 2.45. The summed E-state index contributed by atoms with van der Waals surface area (Å²) in [7, 11) is 0. The predicted molar refractivity (Wildman–Crippen MR) is 66.4 cm³/mol. The first-order chi connectivity index (χ1) is 7.66. The van der Waals surface area contributed by atoms with Crippen molar-refractivity contribution in [1.29, 1.82) is 0 Å². The molecular weight excluding hydrogens is 198 g/mol. The predicted octanol–water partition coefficient (Wildman–Crippen LogP) is 2.08. The summed E-state index contributed by atoms with van der Waals surface area (Å²) in [5.41, 5.74) is 0.975. The molecule has 1 saturated heterocycles. The second kappa shape index (κ2) is 4.98. The largest absolute Gasteiger partial charge is 0.390 e. The number of rotatable bonds is 3. The maximum Gasteiger partial charge on any atom is 0.0644 e. The number of nitrogens with zero attached hydrogens (tertiary/aromatic N) is 1. The van der Waals surface area contributed by atoms with E-state index in [4.69, 9.17) is 0 Å². The molecule has 0 saturated carbocycles. The smallest absolute Gasteiger partial charge is 0.0644 e. The van der Waals surface area contributed by atoms with Crippen molar-refractivity contribution in [3.8, 4) is 0 Å². The van der Waals surface area contributed by atoms with Gasteiger partial charge in [-0.3, -0.25) is 0 Å². The van der Waals surface area contributed by atoms with Crippen molar-refractivity contribution < 1.29 is 5.11 Å². The van der Waals surface area contributed by atoms with Crippen LogP contribution in [-0.2, 0) is 6.42 Å². The van der Waals surface area contributed by atoms with E-state index >= 15 is 0 Å². The number of aliphatic hydroxyl groups is 1. The van der Waals surface area contributed by atoms with Gasteiger partial charge in [-0.2, -0.15) is 0 Å². The fourth-order valence-corrected chi connectivity index (χ4v) is 2.19. The van der Waals surface area contributed by atoms with Crippen LogP contribution in [0.4, 0.5) is 0 Å². The molecule has 1 heterocycles. The highest BCUT2D eigenvalue weighted by Gasteiger charge is 2.26. The highest BCUT2D eigenvalue weighted by molar-refractivity contribution is 5.14. The third-order valence-corrected chi connectivity index (χ3v) is 3.49. The number of hydrogen-bond donors (Lipinski definition) is 1. The van der Waals surface area contributed by atoms with Crippen molar-refractivity contribution in [1.82, 2.24) is 4.90 Å². The van der Waals surface area contributed by atoms with Gasteiger partial charge in [-0.25, -0.2) is 0 Å². The average molecular weight is 219 g/mol. The topological polar surface area (TPSA) is 23.5 Å². The molecule has 2 heteroatoms. The van der Waals surface area contributed by atoms with Crippen LogP contribution in [0.3, 0.4) is 0 Å². The third-order valence-electron chi connectivity index (χ3n) is 3.49. The van der Waals surface area contributed by atoms with Crippen LogP contribution in [0, 0.1) is 0 Å². The second-order valence-corrected chi connectivity index (χ2v) is 5.07. The summed E-state index contributed by atoms with van der Waals surface area (Å²) in [5, 5.41) is 9.85. The number of hydrogen-bond acceptors (Lipinski definition) is 2. The molecule has 88 valence electrons. The molecule has 1 aliphatic rings. The fraction of sp³-hybridized carbons (Fsp3) is 0.571. The minimum atomic E-state index is -0.427. The molecule has 1 aromatic carbocycles. The molecule has 2 nitrogen and oxygen atoms in total. The van der Waals surface area contributed by atoms with Gasteiger partial charge < -0.3 is 10.0 Å². The first kappa shape index (κ1) is 11.6. The van der Waals surface area contributed by atoms with Gasteiger partial charge in [0.25, 0.3) is 0 Å². The van der Waals surface area contributed by atoms with Crippen LogP contribution in [0.5, 0.6) is 0 Å². The van der Waals surface area contributed by atoms with Crippen molar-refractivity contribution in [3.05, 3.63) is 35.9 Å². The van der Waals surface area contributed by atoms with E-state index in [9.17, 15) is 5.11 Å². The lowest BCUT2D eigenvalue weighted by Gasteiger charge is -2.35. The minimum absolute atomic E-state index is 0.427. The van der Waals surface area contributed by atoms with Crippen LogP contribution in [0.25, 0.3) is 0 Å². The van der Waals surface area contributed by atoms with Crippen molar-refractivity contribution in [3.63, 3.8) is 0 Å². The van der Waals surface area contributed by atoms with Gasteiger partial charge in [0.1, 0.15) is 0 Å². The zero-order valence-electron chi connectivity index (χ0n) is 10.0. The van der Waals surface area contributed by atoms with E-state index in [1.165, 1.54) is 5.56 Å². The Morgan fingerprint density at radius 2 is 1.81 bits per heavy atom. The Hall–Kier alpha value is -0.860. The summed E-state index contributed by atoms with van der Waals surface area (Å²) in [6.45, 7) is 5.11. The van der Waals surface area contributed by atoms with E-state index in [1.54, 1.807) is 0 Å². The summed E-state index contributed by atoms with van der Waals surface area (Å²) < 4.78 is 0. The molecule has 1 fully saturated rings. The molecule has 1 aromatic rings. The molecule has 0 bridgehead atoms. The lowest BCUT2D eigenvalue weighted by atomic mass is 9.93. The first-order valence-electron chi connectivity index (χ1n) is 6.14. The molecule has 0 amide bonds. The van der Waals surface area contributed by atoms with Crippen LogP contribution in [0.15, 0.2) is 30.3 Å². The van der Waals surface area contributed by atoms with Crippen LogP contribution < -0.4 is 0 Å². The normalized spacial score (nSPS) is 20.9. The zero-order valence-corrected chi connectivity index (χ0v) is 10.0. The summed E-state index contributed by atoms with van der Waals surface area (Å²) >= 11 is 0. The standard InChI is InChI=1S/C14H21NO/c1-14(16)8-11-15(12-9-14)10-7-13-5-3-2-4-6-13/h2-6,16H,7-12H2,1H3. The Morgan fingerprint density at radius 1 is 1.19 bits per heavy atom. The van der Waals surface area contributed by atoms with E-state index in [0.717, 1.165) is 38.9 Å². The van der Waals surface area contributed by atoms with Crippen molar-refractivity contribution >= 4 is 0 Å². The SMILES string of the molecule is CC1(O)CCN(CCc2ccccc2)CC1. The fourth-order valence-electron chi connectivity index (χ4n) is 2.19. The van der Waals surface area contributed by atoms with E-state index < -0.39 is 5.60 Å². The van der Waals surface area contributed by atoms with Gasteiger partial charge in [0.15, 0.2) is 0 Å². The monoisotopic (exact) mass is 219 g/mol. The lowest BCUT2D eigenvalue weighted by Crippen LogP contribution is -2.43. The van der Waals surface area contributed by atoms with E-state index in [1.807, 2.05) is 6.92 Å². The van der Waals surface area contributed by atoms with E-state index in [-0.39, 0.29) is 0 Å². The van der Waals surface area contributed by atoms with E-state index in [0.29, 0.717) is 0 Å². The van der Waals surface area contributed by atoms with Crippen molar-refractivity contribution in [2.75, 3.05) is 19.6 Å². The summed E-state index contributed by atoms with van der Waals surface area (Å²) in [5.74, 6) is 0. The van der Waals surface area contributed by atoms with Gasteiger partial charge >= 0.3 is 0 Å². The van der Waals surface area contributed by atoms with Crippen LogP contribution >= 0.6 is 0 Å². The number of piperidine rings is 1. The quantitative estimate of drug-likeness (QED) is 0.841. The van der Waals surface area contributed by atoms with E-state index in [2.05, 4.69) is 35.2 Å². The van der Waals surface area contributed by atoms with Crippen LogP contribution in [0.1, 0.15) is 25.3 Å². The maximum absolute atomic E-state index is 9.85. The Balaban J connectivity index is 1.76. The molecule has 0 atom stereocenters. The molecule has 0 aliphatic carbocycles. The second-order valence-electron chi connectivity index (χ2n) is 5.07. The van der Waals surface area contributed by atoms with Gasteiger partial charge in [0.05, 0.1) is 5.60 Å². The first-order valence-corrected chi connectivity index (χ1v) is 6.14. The highest BCUT2D eigenvalue weighted by Crippen LogP contribution is 2.21. The van der Waals surface area contributed by atoms with Gasteiger partial charge in [-0.1, -0.05) is 30.3 Å². The van der Waals surface area contributed by atoms with Gasteiger partial charge in [-0.05, 0) is 31.7 Å². The van der Waals surface area contributed by atoms with Gasteiger partial charge in [-0.15, -0.1) is 0 Å². The Bertz CT molecular complexity index is 311. The minimum Gasteiger partial charge on any atom is -0.390 e. The molecule has 0 radical (unpaired) electrons. The highest BCUT2D eigenvalue weighted by atomic mass is 16.3. The Morgan fingerprint density at radius 3 is 2.44 bits per heavy atom. The molecule has 2 rings (SSSR count). The molecular formula is C14H21NO. The molecule has 1 N–H and O–H groups in total. The number of likely N-dealkylation sites (tertiary alicyclic amines) is 1. The zero-order chi connectivity index (χ0) is 11.4. The molecule has 16 heavy (non-hydrogen) atoms. The number of benzene rings is 1. The molecule has 0 aromatic heterocycles. The van der Waals surface area contributed by atoms with Crippen LogP contribution in [0.2, 0.25) is 0 Å². The van der Waals surface area contributed by atoms with Crippen LogP contribution in [-0.4, -0.2) is 35.2 Å². The molecule has 1 aliphatic heterocycles. The lowest BCUT2D eigenvalue weighted by molar-refractivity contribution is -0.00491. The Kier molecular flexibility index (Phi) is 3.62. The molecule has 0 unspecified atom stereocenters. The molecule has 0 spiro atoms. The third kappa shape index (κ3) is 3.32. The van der Waals surface area contributed by atoms with Gasteiger partial charge in [0, 0.05) is 19.6 Å². The average Bonchev–Trinajstić information content (AvgIpc) is 2.29. The van der Waals surface area contributed by atoms with Crippen molar-refractivity contribution in [2.24, 2.45) is 0 Å². The summed E-state index contributed by atoms with van der Waals surface area (Å²) in [6.07, 6.45) is 2.92. The van der Waals surface area contributed by atoms with Crippen molar-refractivity contribution in [2.45, 2.75) is 31.8 Å².